The van der Waals surface area contributed by atoms with Crippen LogP contribution in [0, 0.1) is 10.8 Å². The number of hydrogen-bond donors (Lipinski definition) is 0. The van der Waals surface area contributed by atoms with Crippen molar-refractivity contribution in [1.82, 2.24) is 9.80 Å². The van der Waals surface area contributed by atoms with Crippen LogP contribution in [0.15, 0.2) is 46.0 Å². The molecule has 0 bridgehead atoms. The number of hydrogen-bond acceptors (Lipinski definition) is 4. The van der Waals surface area contributed by atoms with E-state index in [1.165, 1.54) is 0 Å². The van der Waals surface area contributed by atoms with Gasteiger partial charge in [0.05, 0.1) is 0 Å². The van der Waals surface area contributed by atoms with Gasteiger partial charge in [-0.15, -0.1) is 11.5 Å². The van der Waals surface area contributed by atoms with Gasteiger partial charge in [-0.3, -0.25) is 9.80 Å². The van der Waals surface area contributed by atoms with Gasteiger partial charge in [-0.05, 0) is 37.3 Å². The minimum atomic E-state index is -0.246. The molecule has 0 atom stereocenters. The van der Waals surface area contributed by atoms with E-state index < -0.39 is 0 Å². The Morgan fingerprint density at radius 3 is 1.21 bits per heavy atom. The summed E-state index contributed by atoms with van der Waals surface area (Å²) in [6.45, 7) is 30.7. The molecule has 0 aromatic carbocycles. The molecule has 0 radical (unpaired) electrons. The molecule has 0 aliphatic heterocycles. The highest BCUT2D eigenvalue weighted by Crippen LogP contribution is 2.25. The predicted octanol–water partition coefficient (Wildman–Crippen LogP) is 5.20. The second-order valence-electron chi connectivity index (χ2n) is 8.17. The lowest BCUT2D eigenvalue weighted by Crippen LogP contribution is -2.31. The molecule has 0 fully saturated rings. The van der Waals surface area contributed by atoms with Crippen molar-refractivity contribution in [3.05, 3.63) is 35.8 Å². The summed E-state index contributed by atoms with van der Waals surface area (Å²) in [7, 11) is 0. The van der Waals surface area contributed by atoms with E-state index in [0.29, 0.717) is 0 Å². The highest BCUT2D eigenvalue weighted by atomic mass is 15.2. The Hall–Kier alpha value is -1.70. The molecule has 28 heavy (non-hydrogen) atoms. The molecule has 0 amide bonds. The van der Waals surface area contributed by atoms with Crippen molar-refractivity contribution in [1.29, 1.82) is 0 Å². The summed E-state index contributed by atoms with van der Waals surface area (Å²) in [5, 5.41) is 8.71. The lowest BCUT2D eigenvalue weighted by atomic mass is 9.85. The van der Waals surface area contributed by atoms with Crippen molar-refractivity contribution in [3.8, 4) is 0 Å². The SMILES string of the molecule is C=C=C(CN(CC)CC)C(C)(C)/C=N/N=C/C(C)(C)C(=C=C)CN(CC)CC. The zero-order valence-corrected chi connectivity index (χ0v) is 19.6. The molecule has 0 heterocycles. The lowest BCUT2D eigenvalue weighted by Gasteiger charge is -2.27. The van der Waals surface area contributed by atoms with Gasteiger partial charge in [-0.25, -0.2) is 0 Å². The summed E-state index contributed by atoms with van der Waals surface area (Å²) in [5.41, 5.74) is 7.99. The van der Waals surface area contributed by atoms with Crippen molar-refractivity contribution < 1.29 is 0 Å². The van der Waals surface area contributed by atoms with Crippen molar-refractivity contribution >= 4 is 12.4 Å². The third-order valence-electron chi connectivity index (χ3n) is 5.36. The molecule has 0 rings (SSSR count). The summed E-state index contributed by atoms with van der Waals surface area (Å²) < 4.78 is 0. The zero-order valence-electron chi connectivity index (χ0n) is 19.6. The molecule has 0 N–H and O–H groups in total. The smallest absolute Gasteiger partial charge is 0.0373 e. The van der Waals surface area contributed by atoms with Gasteiger partial charge in [0.25, 0.3) is 0 Å². The Morgan fingerprint density at radius 1 is 0.714 bits per heavy atom. The maximum atomic E-state index is 4.35. The van der Waals surface area contributed by atoms with Gasteiger partial charge >= 0.3 is 0 Å². The molecule has 0 aliphatic carbocycles. The Labute approximate surface area is 174 Å². The Kier molecular flexibility index (Phi) is 11.9. The standard InChI is InChI=1S/C24H42N4/c1-11-21(17-27(13-3)14-4)23(7,8)19-25-26-20-24(9,10)22(12-2)18-28(15-5)16-6/h19-20H,1-2,13-18H2,3-10H3/b25-19+,26-20+. The van der Waals surface area contributed by atoms with Gasteiger partial charge in [-0.2, -0.15) is 10.2 Å². The number of likely N-dealkylation sites (N-methyl/N-ethyl adjacent to an activating group) is 2. The molecule has 0 saturated heterocycles. The normalized spacial score (nSPS) is 12.8. The molecule has 0 spiro atoms. The van der Waals surface area contributed by atoms with Gasteiger partial charge in [0, 0.05) is 36.3 Å². The van der Waals surface area contributed by atoms with Crippen LogP contribution in [0.3, 0.4) is 0 Å². The largest absolute Gasteiger partial charge is 0.299 e. The van der Waals surface area contributed by atoms with E-state index in [2.05, 4.69) is 100 Å². The van der Waals surface area contributed by atoms with Crippen molar-refractivity contribution in [2.24, 2.45) is 21.0 Å². The first-order valence-corrected chi connectivity index (χ1v) is 10.4. The molecule has 0 aliphatic rings. The van der Waals surface area contributed by atoms with Crippen molar-refractivity contribution in [2.75, 3.05) is 39.3 Å². The fraction of sp³-hybridized carbons (Fsp3) is 0.667. The van der Waals surface area contributed by atoms with Crippen LogP contribution in [0.5, 0.6) is 0 Å². The fourth-order valence-corrected chi connectivity index (χ4v) is 2.83. The minimum Gasteiger partial charge on any atom is -0.299 e. The molecule has 0 aromatic heterocycles. The van der Waals surface area contributed by atoms with Crippen LogP contribution in [0.4, 0.5) is 0 Å². The van der Waals surface area contributed by atoms with E-state index in [4.69, 9.17) is 0 Å². The Bertz CT molecular complexity index is 563. The summed E-state index contributed by atoms with van der Waals surface area (Å²) >= 11 is 0. The first kappa shape index (κ1) is 26.3. The number of nitrogens with zero attached hydrogens (tertiary/aromatic N) is 4. The second-order valence-corrected chi connectivity index (χ2v) is 8.17. The van der Waals surface area contributed by atoms with Crippen molar-refractivity contribution in [2.45, 2.75) is 55.4 Å². The molecule has 4 nitrogen and oxygen atoms in total. The van der Waals surface area contributed by atoms with E-state index in [9.17, 15) is 0 Å². The van der Waals surface area contributed by atoms with Crippen LogP contribution in [0.1, 0.15) is 55.4 Å². The van der Waals surface area contributed by atoms with Gasteiger partial charge in [0.1, 0.15) is 0 Å². The molecular formula is C24H42N4. The summed E-state index contributed by atoms with van der Waals surface area (Å²) in [5.74, 6) is 0. The minimum absolute atomic E-state index is 0.246. The second kappa shape index (κ2) is 12.7. The summed E-state index contributed by atoms with van der Waals surface area (Å²) in [6.07, 6.45) is 3.77. The number of rotatable bonds is 13. The third-order valence-corrected chi connectivity index (χ3v) is 5.36. The maximum Gasteiger partial charge on any atom is 0.0373 e. The van der Waals surface area contributed by atoms with Crippen LogP contribution < -0.4 is 0 Å². The lowest BCUT2D eigenvalue weighted by molar-refractivity contribution is 0.315. The topological polar surface area (TPSA) is 31.2 Å². The van der Waals surface area contributed by atoms with Crippen molar-refractivity contribution in [3.63, 3.8) is 0 Å². The monoisotopic (exact) mass is 386 g/mol. The van der Waals surface area contributed by atoms with Crippen LogP contribution >= 0.6 is 0 Å². The zero-order chi connectivity index (χ0) is 21.8. The third kappa shape index (κ3) is 8.54. The fourth-order valence-electron chi connectivity index (χ4n) is 2.83. The molecule has 158 valence electrons. The van der Waals surface area contributed by atoms with Crippen LogP contribution in [0.25, 0.3) is 0 Å². The van der Waals surface area contributed by atoms with E-state index >= 15 is 0 Å². The molecule has 0 unspecified atom stereocenters. The average molecular weight is 387 g/mol. The van der Waals surface area contributed by atoms with Crippen LogP contribution in [0.2, 0.25) is 0 Å². The Morgan fingerprint density at radius 2 is 1.00 bits per heavy atom. The van der Waals surface area contributed by atoms with Crippen LogP contribution in [-0.4, -0.2) is 61.5 Å². The summed E-state index contributed by atoms with van der Waals surface area (Å²) in [6, 6.07) is 0. The van der Waals surface area contributed by atoms with Gasteiger partial charge in [0.2, 0.25) is 0 Å². The Balaban J connectivity index is 5.25. The molecular weight excluding hydrogens is 344 g/mol. The van der Waals surface area contributed by atoms with Gasteiger partial charge < -0.3 is 0 Å². The average Bonchev–Trinajstić information content (AvgIpc) is 2.67. The summed E-state index contributed by atoms with van der Waals surface area (Å²) in [4.78, 5) is 4.70. The van der Waals surface area contributed by atoms with Crippen LogP contribution in [-0.2, 0) is 0 Å². The van der Waals surface area contributed by atoms with E-state index in [0.717, 1.165) is 50.4 Å². The highest BCUT2D eigenvalue weighted by molar-refractivity contribution is 5.73. The molecule has 4 heteroatoms. The molecule has 0 saturated carbocycles. The van der Waals surface area contributed by atoms with E-state index in [-0.39, 0.29) is 10.8 Å². The van der Waals surface area contributed by atoms with Gasteiger partial charge in [0.15, 0.2) is 0 Å². The molecule has 0 aromatic rings. The quantitative estimate of drug-likeness (QED) is 0.247. The predicted molar refractivity (Wildman–Crippen MR) is 125 cm³/mol. The highest BCUT2D eigenvalue weighted by Gasteiger charge is 2.24. The van der Waals surface area contributed by atoms with E-state index in [1.807, 2.05) is 12.4 Å². The first-order chi connectivity index (χ1) is 13.1. The first-order valence-electron chi connectivity index (χ1n) is 10.4. The van der Waals surface area contributed by atoms with Gasteiger partial charge in [-0.1, -0.05) is 68.5 Å². The maximum absolute atomic E-state index is 4.35. The van der Waals surface area contributed by atoms with E-state index in [1.54, 1.807) is 0 Å².